The Morgan fingerprint density at radius 1 is 1.38 bits per heavy atom. The number of nitrogens with zero attached hydrogens (tertiary/aromatic N) is 1. The van der Waals surface area contributed by atoms with E-state index in [1.807, 2.05) is 6.07 Å². The van der Waals surface area contributed by atoms with Crippen LogP contribution in [-0.2, 0) is 6.42 Å². The quantitative estimate of drug-likeness (QED) is 0.607. The molecule has 0 heterocycles. The number of ether oxygens (including phenoxy) is 1. The van der Waals surface area contributed by atoms with Crippen molar-refractivity contribution >= 4 is 0 Å². The van der Waals surface area contributed by atoms with Crippen molar-refractivity contribution in [1.29, 1.82) is 5.26 Å². The Morgan fingerprint density at radius 3 is 2.75 bits per heavy atom. The van der Waals surface area contributed by atoms with Gasteiger partial charge in [0.25, 0.3) is 0 Å². The Hall–Kier alpha value is -1.53. The number of aryl methyl sites for hydroxylation is 2. The number of hydrogen-bond donors (Lipinski definition) is 1. The number of methoxy groups -OCH3 is 1. The third-order valence-corrected chi connectivity index (χ3v) is 2.55. The van der Waals surface area contributed by atoms with Crippen molar-refractivity contribution in [3.8, 4) is 11.8 Å². The molecule has 1 aromatic carbocycles. The van der Waals surface area contributed by atoms with Crippen LogP contribution in [0.3, 0.4) is 0 Å². The molecular weight excluding hydrogens is 200 g/mol. The maximum absolute atomic E-state index is 8.42. The molecule has 0 saturated heterocycles. The van der Waals surface area contributed by atoms with Gasteiger partial charge in [0.1, 0.15) is 5.75 Å². The first kappa shape index (κ1) is 12.5. The van der Waals surface area contributed by atoms with Crippen LogP contribution in [0.25, 0.3) is 0 Å². The van der Waals surface area contributed by atoms with Crippen molar-refractivity contribution in [3.05, 3.63) is 28.8 Å². The second-order valence-electron chi connectivity index (χ2n) is 3.85. The summed E-state index contributed by atoms with van der Waals surface area (Å²) in [5, 5.41) is 11.5. The molecule has 0 aliphatic heterocycles. The van der Waals surface area contributed by atoms with Gasteiger partial charge in [-0.2, -0.15) is 5.26 Å². The highest BCUT2D eigenvalue weighted by atomic mass is 16.5. The first-order valence-electron chi connectivity index (χ1n) is 5.40. The topological polar surface area (TPSA) is 45.0 Å². The molecule has 0 aliphatic rings. The summed E-state index contributed by atoms with van der Waals surface area (Å²) >= 11 is 0. The Labute approximate surface area is 97.0 Å². The van der Waals surface area contributed by atoms with E-state index in [0.717, 1.165) is 18.7 Å². The van der Waals surface area contributed by atoms with Crippen LogP contribution in [0.5, 0.6) is 5.75 Å². The van der Waals surface area contributed by atoms with Gasteiger partial charge in [-0.05, 0) is 43.0 Å². The third kappa shape index (κ3) is 3.25. The molecule has 0 radical (unpaired) electrons. The molecule has 1 aromatic rings. The lowest BCUT2D eigenvalue weighted by molar-refractivity contribution is 0.408. The van der Waals surface area contributed by atoms with E-state index in [0.29, 0.717) is 6.54 Å². The zero-order chi connectivity index (χ0) is 12.0. The van der Waals surface area contributed by atoms with Gasteiger partial charge in [-0.3, -0.25) is 0 Å². The third-order valence-electron chi connectivity index (χ3n) is 2.55. The number of benzene rings is 1. The summed E-state index contributed by atoms with van der Waals surface area (Å²) in [7, 11) is 1.69. The molecule has 0 aromatic heterocycles. The van der Waals surface area contributed by atoms with Crippen molar-refractivity contribution in [2.75, 3.05) is 20.2 Å². The minimum Gasteiger partial charge on any atom is -0.496 e. The Kier molecular flexibility index (Phi) is 4.81. The van der Waals surface area contributed by atoms with Crippen molar-refractivity contribution in [2.45, 2.75) is 20.3 Å². The number of nitrogens with one attached hydrogen (secondary N) is 1. The minimum atomic E-state index is 0.396. The molecule has 3 heteroatoms. The Balaban J connectivity index is 2.74. The van der Waals surface area contributed by atoms with Crippen LogP contribution in [0.2, 0.25) is 0 Å². The first-order valence-corrected chi connectivity index (χ1v) is 5.40. The van der Waals surface area contributed by atoms with Crippen LogP contribution in [0, 0.1) is 25.2 Å². The van der Waals surface area contributed by atoms with Crippen LogP contribution in [0.15, 0.2) is 12.1 Å². The van der Waals surface area contributed by atoms with E-state index >= 15 is 0 Å². The van der Waals surface area contributed by atoms with E-state index in [2.05, 4.69) is 31.3 Å². The molecule has 0 amide bonds. The second kappa shape index (κ2) is 6.14. The molecule has 0 atom stereocenters. The SMILES string of the molecule is COc1cc(C)cc(C)c1CCNCC#N. The molecule has 0 spiro atoms. The lowest BCUT2D eigenvalue weighted by Crippen LogP contribution is -2.17. The molecule has 0 saturated carbocycles. The minimum absolute atomic E-state index is 0.396. The summed E-state index contributed by atoms with van der Waals surface area (Å²) in [6.45, 7) is 5.35. The van der Waals surface area contributed by atoms with Crippen LogP contribution >= 0.6 is 0 Å². The fourth-order valence-electron chi connectivity index (χ4n) is 1.82. The van der Waals surface area contributed by atoms with Gasteiger partial charge in [0.15, 0.2) is 0 Å². The average molecular weight is 218 g/mol. The van der Waals surface area contributed by atoms with E-state index in [-0.39, 0.29) is 0 Å². The van der Waals surface area contributed by atoms with Gasteiger partial charge in [-0.15, -0.1) is 0 Å². The van der Waals surface area contributed by atoms with Crippen LogP contribution in [-0.4, -0.2) is 20.2 Å². The standard InChI is InChI=1S/C13H18N2O/c1-10-8-11(2)12(13(9-10)16-3)4-6-15-7-5-14/h8-9,15H,4,6-7H2,1-3H3. The van der Waals surface area contributed by atoms with Crippen LogP contribution in [0.4, 0.5) is 0 Å². The van der Waals surface area contributed by atoms with E-state index < -0.39 is 0 Å². The number of nitriles is 1. The lowest BCUT2D eigenvalue weighted by atomic mass is 10.0. The summed E-state index contributed by atoms with van der Waals surface area (Å²) in [5.41, 5.74) is 3.68. The van der Waals surface area contributed by atoms with Crippen molar-refractivity contribution in [3.63, 3.8) is 0 Å². The first-order chi connectivity index (χ1) is 7.69. The number of rotatable bonds is 5. The summed E-state index contributed by atoms with van der Waals surface area (Å²) in [6, 6.07) is 6.27. The highest BCUT2D eigenvalue weighted by molar-refractivity contribution is 5.43. The Bertz CT molecular complexity index is 394. The molecule has 1 N–H and O–H groups in total. The van der Waals surface area contributed by atoms with Gasteiger partial charge in [0.05, 0.1) is 19.7 Å². The van der Waals surface area contributed by atoms with E-state index in [1.54, 1.807) is 7.11 Å². The molecule has 0 fully saturated rings. The highest BCUT2D eigenvalue weighted by Crippen LogP contribution is 2.24. The molecule has 1 rings (SSSR count). The van der Waals surface area contributed by atoms with Crippen molar-refractivity contribution < 1.29 is 4.74 Å². The van der Waals surface area contributed by atoms with Gasteiger partial charge >= 0.3 is 0 Å². The summed E-state index contributed by atoms with van der Waals surface area (Å²) < 4.78 is 5.37. The van der Waals surface area contributed by atoms with Crippen molar-refractivity contribution in [1.82, 2.24) is 5.32 Å². The molecule has 0 aliphatic carbocycles. The predicted octanol–water partition coefficient (Wildman–Crippen LogP) is 1.97. The van der Waals surface area contributed by atoms with Crippen molar-refractivity contribution in [2.24, 2.45) is 0 Å². The van der Waals surface area contributed by atoms with Gasteiger partial charge in [0, 0.05) is 6.54 Å². The lowest BCUT2D eigenvalue weighted by Gasteiger charge is -2.12. The van der Waals surface area contributed by atoms with Crippen LogP contribution in [0.1, 0.15) is 16.7 Å². The average Bonchev–Trinajstić information content (AvgIpc) is 2.26. The zero-order valence-electron chi connectivity index (χ0n) is 10.1. The fraction of sp³-hybridized carbons (Fsp3) is 0.462. The van der Waals surface area contributed by atoms with E-state index in [1.165, 1.54) is 16.7 Å². The normalized spacial score (nSPS) is 9.88. The van der Waals surface area contributed by atoms with E-state index in [9.17, 15) is 0 Å². The second-order valence-corrected chi connectivity index (χ2v) is 3.85. The fourth-order valence-corrected chi connectivity index (χ4v) is 1.82. The molecule has 86 valence electrons. The molecule has 16 heavy (non-hydrogen) atoms. The van der Waals surface area contributed by atoms with Gasteiger partial charge in [-0.1, -0.05) is 6.07 Å². The van der Waals surface area contributed by atoms with Gasteiger partial charge < -0.3 is 10.1 Å². The molecular formula is C13H18N2O. The zero-order valence-corrected chi connectivity index (χ0v) is 10.1. The maximum atomic E-state index is 8.42. The van der Waals surface area contributed by atoms with Gasteiger partial charge in [-0.25, -0.2) is 0 Å². The molecule has 0 unspecified atom stereocenters. The molecule has 3 nitrogen and oxygen atoms in total. The number of hydrogen-bond acceptors (Lipinski definition) is 3. The summed E-state index contributed by atoms with van der Waals surface area (Å²) in [5.74, 6) is 0.941. The highest BCUT2D eigenvalue weighted by Gasteiger charge is 2.06. The maximum Gasteiger partial charge on any atom is 0.122 e. The monoisotopic (exact) mass is 218 g/mol. The molecule has 0 bridgehead atoms. The smallest absolute Gasteiger partial charge is 0.122 e. The Morgan fingerprint density at radius 2 is 2.12 bits per heavy atom. The largest absolute Gasteiger partial charge is 0.496 e. The van der Waals surface area contributed by atoms with Gasteiger partial charge in [0.2, 0.25) is 0 Å². The van der Waals surface area contributed by atoms with Crippen LogP contribution < -0.4 is 10.1 Å². The summed E-state index contributed by atoms with van der Waals surface area (Å²) in [4.78, 5) is 0. The predicted molar refractivity (Wildman–Crippen MR) is 64.7 cm³/mol. The van der Waals surface area contributed by atoms with E-state index in [4.69, 9.17) is 10.00 Å². The summed E-state index contributed by atoms with van der Waals surface area (Å²) in [6.07, 6.45) is 0.886.